The second-order valence-corrected chi connectivity index (χ2v) is 10.3. The summed E-state index contributed by atoms with van der Waals surface area (Å²) in [5, 5.41) is -2.06. The summed E-state index contributed by atoms with van der Waals surface area (Å²) in [5.74, 6) is 0. The molecule has 122 valence electrons. The monoisotopic (exact) mass is 450 g/mol. The summed E-state index contributed by atoms with van der Waals surface area (Å²) in [7, 11) is -9.72. The third-order valence-corrected chi connectivity index (χ3v) is 7.42. The smallest absolute Gasteiger partial charge is 0.241 e. The molecule has 22 heavy (non-hydrogen) atoms. The van der Waals surface area contributed by atoms with Gasteiger partial charge in [0.2, 0.25) is 0 Å². The van der Waals surface area contributed by atoms with Crippen molar-refractivity contribution in [3.63, 3.8) is 0 Å². The van der Waals surface area contributed by atoms with Crippen molar-refractivity contribution >= 4 is 10.2 Å². The average Bonchev–Trinajstić information content (AvgIpc) is 2.31. The van der Waals surface area contributed by atoms with Gasteiger partial charge in [-0.25, -0.2) is 4.98 Å². The van der Waals surface area contributed by atoms with Crippen LogP contribution in [-0.4, -0.2) is 4.98 Å². The Morgan fingerprint density at radius 3 is 1.95 bits per heavy atom. The fourth-order valence-corrected chi connectivity index (χ4v) is 5.47. The fourth-order valence-electron chi connectivity index (χ4n) is 2.08. The summed E-state index contributed by atoms with van der Waals surface area (Å²) >= 11 is -0.993. The number of nitrogens with zero attached hydrogens (tertiary/aromatic N) is 1. The van der Waals surface area contributed by atoms with E-state index in [2.05, 4.69) is 4.98 Å². The largest absolute Gasteiger partial charge is 0.358 e. The maximum atomic E-state index is 12.8. The highest BCUT2D eigenvalue weighted by molar-refractivity contribution is 8.45. The second kappa shape index (κ2) is 4.80. The van der Waals surface area contributed by atoms with Gasteiger partial charge in [-0.1, -0.05) is 37.1 Å². The maximum Gasteiger partial charge on any atom is 0.358 e. The Hall–Kier alpha value is -0.900. The molecule has 0 radical (unpaired) electrons. The molecule has 0 aliphatic carbocycles. The van der Waals surface area contributed by atoms with Crippen molar-refractivity contribution in [2.24, 2.45) is 0 Å². The minimum Gasteiger partial charge on any atom is -0.241 e. The SMILES string of the molecule is Cc1cc(C)c([I+]c2ccnc(S(F)(F)(F)(F)F)c2)c(C)c1. The van der Waals surface area contributed by atoms with Gasteiger partial charge in [-0.3, -0.25) is 0 Å². The van der Waals surface area contributed by atoms with Crippen LogP contribution in [0.5, 0.6) is 0 Å². The van der Waals surface area contributed by atoms with E-state index in [9.17, 15) is 19.4 Å². The molecule has 2 rings (SSSR count). The Kier molecular flexibility index (Phi) is 3.81. The Balaban J connectivity index is 2.46. The number of pyridine rings is 1. The average molecular weight is 450 g/mol. The molecule has 0 fully saturated rings. The lowest BCUT2D eigenvalue weighted by Gasteiger charge is -2.38. The predicted molar refractivity (Wildman–Crippen MR) is 73.7 cm³/mol. The highest BCUT2D eigenvalue weighted by Crippen LogP contribution is 3.01. The first-order chi connectivity index (χ1) is 9.76. The summed E-state index contributed by atoms with van der Waals surface area (Å²) in [6.45, 7) is 5.68. The van der Waals surface area contributed by atoms with Gasteiger partial charge in [-0.15, -0.1) is 0 Å². The molecular weight excluding hydrogens is 436 g/mol. The van der Waals surface area contributed by atoms with Gasteiger partial charge in [-0.05, 0) is 20.8 Å². The van der Waals surface area contributed by atoms with Crippen LogP contribution < -0.4 is 21.2 Å². The van der Waals surface area contributed by atoms with E-state index in [1.54, 1.807) is 0 Å². The molecule has 1 nitrogen and oxygen atoms in total. The highest BCUT2D eigenvalue weighted by atomic mass is 127. The zero-order valence-electron chi connectivity index (χ0n) is 12.0. The van der Waals surface area contributed by atoms with Crippen LogP contribution in [0.3, 0.4) is 0 Å². The quantitative estimate of drug-likeness (QED) is 0.518. The van der Waals surface area contributed by atoms with Gasteiger partial charge >= 0.3 is 31.4 Å². The van der Waals surface area contributed by atoms with Crippen molar-refractivity contribution in [2.75, 3.05) is 0 Å². The number of rotatable bonds is 3. The van der Waals surface area contributed by atoms with Gasteiger partial charge < -0.3 is 0 Å². The number of hydrogen-bond acceptors (Lipinski definition) is 1. The van der Waals surface area contributed by atoms with Crippen molar-refractivity contribution in [3.8, 4) is 0 Å². The molecule has 0 unspecified atom stereocenters. The molecule has 1 aromatic carbocycles. The van der Waals surface area contributed by atoms with Crippen molar-refractivity contribution in [2.45, 2.75) is 25.8 Å². The predicted octanol–water partition coefficient (Wildman–Crippen LogP) is 2.79. The molecule has 0 spiro atoms. The van der Waals surface area contributed by atoms with E-state index in [0.717, 1.165) is 26.5 Å². The molecule has 8 heteroatoms. The molecule has 0 amide bonds. The number of halogens is 6. The maximum absolute atomic E-state index is 12.8. The number of aromatic nitrogens is 1. The molecular formula is C14H14F5INS+. The van der Waals surface area contributed by atoms with E-state index < -0.39 is 36.5 Å². The zero-order valence-corrected chi connectivity index (χ0v) is 15.0. The first-order valence-corrected chi connectivity index (χ1v) is 10.3. The minimum atomic E-state index is -9.72. The van der Waals surface area contributed by atoms with Crippen molar-refractivity contribution < 1.29 is 40.6 Å². The molecule has 2 aromatic rings. The Bertz CT molecular complexity index is 720. The molecule has 0 N–H and O–H groups in total. The summed E-state index contributed by atoms with van der Waals surface area (Å²) in [6.07, 6.45) is 0.807. The Labute approximate surface area is 135 Å². The topological polar surface area (TPSA) is 12.9 Å². The second-order valence-electron chi connectivity index (χ2n) is 5.09. The van der Waals surface area contributed by atoms with Gasteiger partial charge in [0.05, 0.1) is 0 Å². The first-order valence-electron chi connectivity index (χ1n) is 6.19. The number of benzene rings is 1. The molecule has 0 saturated heterocycles. The van der Waals surface area contributed by atoms with Gasteiger partial charge in [0.25, 0.3) is 0 Å². The van der Waals surface area contributed by atoms with Crippen molar-refractivity contribution in [1.29, 1.82) is 0 Å². The van der Waals surface area contributed by atoms with Crippen LogP contribution >= 0.6 is 10.2 Å². The van der Waals surface area contributed by atoms with Crippen LogP contribution in [0, 0.1) is 27.9 Å². The lowest BCUT2D eigenvalue weighted by atomic mass is 10.1. The fraction of sp³-hybridized carbons (Fsp3) is 0.214. The summed E-state index contributed by atoms with van der Waals surface area (Å²) in [6, 6.07) is 5.75. The molecule has 0 aliphatic heterocycles. The molecule has 1 heterocycles. The van der Waals surface area contributed by atoms with E-state index >= 15 is 0 Å². The van der Waals surface area contributed by atoms with Crippen LogP contribution in [0.2, 0.25) is 0 Å². The van der Waals surface area contributed by atoms with Crippen molar-refractivity contribution in [3.05, 3.63) is 54.3 Å². The van der Waals surface area contributed by atoms with Crippen molar-refractivity contribution in [1.82, 2.24) is 4.98 Å². The van der Waals surface area contributed by atoms with Crippen LogP contribution in [-0.2, 0) is 0 Å². The van der Waals surface area contributed by atoms with Gasteiger partial charge in [0, 0.05) is 29.5 Å². The van der Waals surface area contributed by atoms with Crippen LogP contribution in [0.25, 0.3) is 0 Å². The summed E-state index contributed by atoms with van der Waals surface area (Å²) in [4.78, 5) is 2.85. The molecule has 0 atom stereocenters. The third-order valence-electron chi connectivity index (χ3n) is 2.88. The first kappa shape index (κ1) is 17.5. The zero-order chi connectivity index (χ0) is 16.8. The van der Waals surface area contributed by atoms with Gasteiger partial charge in [0.15, 0.2) is 12.2 Å². The van der Waals surface area contributed by atoms with Gasteiger partial charge in [0.1, 0.15) is 0 Å². The van der Waals surface area contributed by atoms with Crippen LogP contribution in [0.4, 0.5) is 19.4 Å². The van der Waals surface area contributed by atoms with E-state index in [-0.39, 0.29) is 3.57 Å². The lowest BCUT2D eigenvalue weighted by molar-refractivity contribution is -0.599. The Morgan fingerprint density at radius 2 is 1.45 bits per heavy atom. The van der Waals surface area contributed by atoms with E-state index in [4.69, 9.17) is 0 Å². The molecule has 0 saturated carbocycles. The minimum absolute atomic E-state index is 0.270. The molecule has 1 aromatic heterocycles. The molecule has 0 aliphatic rings. The summed E-state index contributed by atoms with van der Waals surface area (Å²) < 4.78 is 65.4. The number of hydrogen-bond donors (Lipinski definition) is 0. The van der Waals surface area contributed by atoms with E-state index in [0.29, 0.717) is 6.07 Å². The van der Waals surface area contributed by atoms with Crippen LogP contribution in [0.1, 0.15) is 16.7 Å². The molecule has 0 bridgehead atoms. The number of aryl methyl sites for hydroxylation is 3. The van der Waals surface area contributed by atoms with Gasteiger partial charge in [-0.2, -0.15) is 0 Å². The third kappa shape index (κ3) is 4.09. The summed E-state index contributed by atoms with van der Waals surface area (Å²) in [5.41, 5.74) is 3.00. The Morgan fingerprint density at radius 1 is 0.909 bits per heavy atom. The van der Waals surface area contributed by atoms with Crippen LogP contribution in [0.15, 0.2) is 35.5 Å². The normalized spacial score (nSPS) is 15.3. The standard InChI is InChI=1S/C14H14F5INS/c1-9-6-10(2)14(11(3)7-9)20-12-4-5-21-13(8-12)22(15,16,17,18)19/h4-8H,1-3H3/q+1. The lowest BCUT2D eigenvalue weighted by Crippen LogP contribution is -3.62. The highest BCUT2D eigenvalue weighted by Gasteiger charge is 2.67. The van der Waals surface area contributed by atoms with E-state index in [1.165, 1.54) is 6.07 Å². The van der Waals surface area contributed by atoms with E-state index in [1.807, 2.05) is 32.9 Å².